The normalized spacial score (nSPS) is 11.3. The Morgan fingerprint density at radius 1 is 1.16 bits per heavy atom. The predicted octanol–water partition coefficient (Wildman–Crippen LogP) is 2.73. The zero-order valence-electron chi connectivity index (χ0n) is 13.7. The molecule has 3 aromatic rings. The first-order valence-corrected chi connectivity index (χ1v) is 9.22. The van der Waals surface area contributed by atoms with E-state index < -0.39 is 9.84 Å². The maximum Gasteiger partial charge on any atom is 0.240 e. The quantitative estimate of drug-likeness (QED) is 0.667. The van der Waals surface area contributed by atoms with Crippen molar-refractivity contribution in [1.82, 2.24) is 9.97 Å². The predicted molar refractivity (Wildman–Crippen MR) is 90.2 cm³/mol. The summed E-state index contributed by atoms with van der Waals surface area (Å²) in [6.07, 6.45) is 5.77. The third-order valence-electron chi connectivity index (χ3n) is 3.43. The van der Waals surface area contributed by atoms with E-state index in [2.05, 4.69) is 9.97 Å². The SMILES string of the molecule is COc1ncc(OCc2ccoc2)nc1-c1ccc(S(C)(=O)=O)cc1. The first-order chi connectivity index (χ1) is 12.0. The van der Waals surface area contributed by atoms with Crippen molar-refractivity contribution in [3.8, 4) is 23.0 Å². The third-order valence-corrected chi connectivity index (χ3v) is 4.56. The Balaban J connectivity index is 1.89. The molecule has 0 aliphatic rings. The van der Waals surface area contributed by atoms with Crippen LogP contribution in [0, 0.1) is 0 Å². The molecule has 0 aliphatic carbocycles. The van der Waals surface area contributed by atoms with E-state index >= 15 is 0 Å². The second-order valence-corrected chi connectivity index (χ2v) is 7.30. The van der Waals surface area contributed by atoms with Crippen LogP contribution < -0.4 is 9.47 Å². The van der Waals surface area contributed by atoms with Crippen LogP contribution in [0.15, 0.2) is 58.4 Å². The summed E-state index contributed by atoms with van der Waals surface area (Å²) < 4.78 is 39.0. The van der Waals surface area contributed by atoms with Crippen LogP contribution in [0.3, 0.4) is 0 Å². The molecule has 0 amide bonds. The maximum atomic E-state index is 11.6. The lowest BCUT2D eigenvalue weighted by Gasteiger charge is -2.10. The zero-order valence-corrected chi connectivity index (χ0v) is 14.5. The molecule has 25 heavy (non-hydrogen) atoms. The molecule has 8 heteroatoms. The summed E-state index contributed by atoms with van der Waals surface area (Å²) in [5, 5.41) is 0. The van der Waals surface area contributed by atoms with Gasteiger partial charge in [-0.05, 0) is 18.2 Å². The molecule has 7 nitrogen and oxygen atoms in total. The van der Waals surface area contributed by atoms with Gasteiger partial charge in [-0.3, -0.25) is 0 Å². The van der Waals surface area contributed by atoms with Crippen molar-refractivity contribution in [3.63, 3.8) is 0 Å². The van der Waals surface area contributed by atoms with Crippen LogP contribution >= 0.6 is 0 Å². The molecule has 0 radical (unpaired) electrons. The third kappa shape index (κ3) is 3.97. The van der Waals surface area contributed by atoms with Gasteiger partial charge < -0.3 is 13.9 Å². The topological polar surface area (TPSA) is 91.5 Å². The van der Waals surface area contributed by atoms with Crippen molar-refractivity contribution < 1.29 is 22.3 Å². The largest absolute Gasteiger partial charge is 0.479 e. The molecule has 0 fully saturated rings. The van der Waals surface area contributed by atoms with E-state index in [1.54, 1.807) is 30.7 Å². The van der Waals surface area contributed by atoms with Gasteiger partial charge in [-0.15, -0.1) is 0 Å². The van der Waals surface area contributed by atoms with Gasteiger partial charge in [0.05, 0.1) is 30.7 Å². The van der Waals surface area contributed by atoms with Gasteiger partial charge in [-0.2, -0.15) is 0 Å². The van der Waals surface area contributed by atoms with Crippen molar-refractivity contribution >= 4 is 9.84 Å². The molecule has 0 unspecified atom stereocenters. The lowest BCUT2D eigenvalue weighted by atomic mass is 10.1. The van der Waals surface area contributed by atoms with Crippen molar-refractivity contribution in [1.29, 1.82) is 0 Å². The molecule has 0 saturated carbocycles. The van der Waals surface area contributed by atoms with Crippen LogP contribution in [0.4, 0.5) is 0 Å². The number of hydrogen-bond donors (Lipinski definition) is 0. The Hall–Kier alpha value is -2.87. The highest BCUT2D eigenvalue weighted by atomic mass is 32.2. The molecular formula is C17H16N2O5S. The highest BCUT2D eigenvalue weighted by molar-refractivity contribution is 7.90. The van der Waals surface area contributed by atoms with Crippen molar-refractivity contribution in [2.45, 2.75) is 11.5 Å². The summed E-state index contributed by atoms with van der Waals surface area (Å²) in [5.41, 5.74) is 2.01. The molecule has 2 heterocycles. The molecule has 1 aromatic carbocycles. The van der Waals surface area contributed by atoms with Gasteiger partial charge in [0.1, 0.15) is 12.3 Å². The standard InChI is InChI=1S/C17H16N2O5S/c1-22-17-16(13-3-5-14(6-4-13)25(2,20)21)19-15(9-18-17)24-11-12-7-8-23-10-12/h3-10H,11H2,1-2H3. The van der Waals surface area contributed by atoms with Gasteiger partial charge in [0.15, 0.2) is 9.84 Å². The Kier molecular flexibility index (Phi) is 4.71. The zero-order chi connectivity index (χ0) is 17.9. The summed E-state index contributed by atoms with van der Waals surface area (Å²) in [6, 6.07) is 8.14. The molecule has 3 rings (SSSR count). The van der Waals surface area contributed by atoms with E-state index in [0.717, 1.165) is 11.8 Å². The molecule has 2 aromatic heterocycles. The van der Waals surface area contributed by atoms with Crippen LogP contribution in [0.1, 0.15) is 5.56 Å². The fraction of sp³-hybridized carbons (Fsp3) is 0.176. The number of benzene rings is 1. The summed E-state index contributed by atoms with van der Waals surface area (Å²) in [7, 11) is -1.77. The van der Waals surface area contributed by atoms with Crippen LogP contribution in [0.2, 0.25) is 0 Å². The maximum absolute atomic E-state index is 11.6. The minimum absolute atomic E-state index is 0.232. The van der Waals surface area contributed by atoms with Crippen LogP contribution in [-0.4, -0.2) is 31.8 Å². The lowest BCUT2D eigenvalue weighted by Crippen LogP contribution is -2.01. The van der Waals surface area contributed by atoms with Crippen molar-refractivity contribution in [2.24, 2.45) is 0 Å². The number of rotatable bonds is 6. The second-order valence-electron chi connectivity index (χ2n) is 5.28. The Labute approximate surface area is 145 Å². The number of methoxy groups -OCH3 is 1. The molecule has 0 saturated heterocycles. The number of ether oxygens (including phenoxy) is 2. The minimum Gasteiger partial charge on any atom is -0.479 e. The Morgan fingerprint density at radius 3 is 2.52 bits per heavy atom. The van der Waals surface area contributed by atoms with Crippen LogP contribution in [-0.2, 0) is 16.4 Å². The molecule has 0 aliphatic heterocycles. The molecule has 0 bridgehead atoms. The molecule has 130 valence electrons. The first-order valence-electron chi connectivity index (χ1n) is 7.33. The molecule has 0 atom stereocenters. The van der Waals surface area contributed by atoms with Crippen LogP contribution in [0.25, 0.3) is 11.3 Å². The smallest absolute Gasteiger partial charge is 0.240 e. The van der Waals surface area contributed by atoms with Crippen LogP contribution in [0.5, 0.6) is 11.8 Å². The van der Waals surface area contributed by atoms with Gasteiger partial charge in [0.25, 0.3) is 0 Å². The molecular weight excluding hydrogens is 344 g/mol. The first kappa shape index (κ1) is 17.0. The lowest BCUT2D eigenvalue weighted by molar-refractivity contribution is 0.289. The highest BCUT2D eigenvalue weighted by Gasteiger charge is 2.13. The number of hydrogen-bond acceptors (Lipinski definition) is 7. The summed E-state index contributed by atoms with van der Waals surface area (Å²) in [5.74, 6) is 0.645. The minimum atomic E-state index is -3.26. The summed E-state index contributed by atoms with van der Waals surface area (Å²) in [4.78, 5) is 8.84. The highest BCUT2D eigenvalue weighted by Crippen LogP contribution is 2.28. The van der Waals surface area contributed by atoms with Gasteiger partial charge in [-0.25, -0.2) is 18.4 Å². The second kappa shape index (κ2) is 6.94. The van der Waals surface area contributed by atoms with Gasteiger partial charge in [0.2, 0.25) is 11.8 Å². The average molecular weight is 360 g/mol. The van der Waals surface area contributed by atoms with Gasteiger partial charge >= 0.3 is 0 Å². The van der Waals surface area contributed by atoms with Crippen molar-refractivity contribution in [3.05, 3.63) is 54.6 Å². The number of sulfone groups is 1. The van der Waals surface area contributed by atoms with E-state index in [1.807, 2.05) is 0 Å². The van der Waals surface area contributed by atoms with Gasteiger partial charge in [-0.1, -0.05) is 12.1 Å². The Bertz CT molecular complexity index is 951. The van der Waals surface area contributed by atoms with E-state index in [4.69, 9.17) is 13.9 Å². The monoisotopic (exact) mass is 360 g/mol. The van der Waals surface area contributed by atoms with E-state index in [0.29, 0.717) is 29.6 Å². The number of nitrogens with zero attached hydrogens (tertiary/aromatic N) is 2. The number of furan rings is 1. The molecule has 0 spiro atoms. The van der Waals surface area contributed by atoms with Crippen molar-refractivity contribution in [2.75, 3.05) is 13.4 Å². The fourth-order valence-electron chi connectivity index (χ4n) is 2.16. The Morgan fingerprint density at radius 2 is 1.92 bits per heavy atom. The average Bonchev–Trinajstić information content (AvgIpc) is 3.12. The van der Waals surface area contributed by atoms with E-state index in [9.17, 15) is 8.42 Å². The summed E-state index contributed by atoms with van der Waals surface area (Å²) in [6.45, 7) is 0.296. The molecule has 0 N–H and O–H groups in total. The van der Waals surface area contributed by atoms with Gasteiger partial charge in [0, 0.05) is 17.4 Å². The number of aromatic nitrogens is 2. The van der Waals surface area contributed by atoms with E-state index in [-0.39, 0.29) is 4.90 Å². The summed E-state index contributed by atoms with van der Waals surface area (Å²) >= 11 is 0. The van der Waals surface area contributed by atoms with E-state index in [1.165, 1.54) is 25.4 Å². The fourth-order valence-corrected chi connectivity index (χ4v) is 2.79.